The molecule has 12 rings (SSSR count). The number of thiophene rings is 1. The monoisotopic (exact) mass is 831 g/mol. The first-order chi connectivity index (χ1) is 31.7. The van der Waals surface area contributed by atoms with Gasteiger partial charge in [-0.25, -0.2) is 0 Å². The maximum atomic E-state index is 2.41. The van der Waals surface area contributed by atoms with E-state index >= 15 is 0 Å². The third-order valence-corrected chi connectivity index (χ3v) is 13.8. The second kappa shape index (κ2) is 16.0. The highest BCUT2D eigenvalue weighted by molar-refractivity contribution is 7.25. The Balaban J connectivity index is 0.928. The van der Waals surface area contributed by atoms with Crippen molar-refractivity contribution in [2.24, 2.45) is 0 Å². The molecule has 0 bridgehead atoms. The number of nitrogens with zero attached hydrogens (tertiary/aromatic N) is 1. The minimum atomic E-state index is 1.09. The Morgan fingerprint density at radius 3 is 1.38 bits per heavy atom. The van der Waals surface area contributed by atoms with E-state index in [9.17, 15) is 0 Å². The van der Waals surface area contributed by atoms with Gasteiger partial charge in [0.15, 0.2) is 0 Å². The third-order valence-electron chi connectivity index (χ3n) is 12.7. The number of hydrogen-bond donors (Lipinski definition) is 0. The van der Waals surface area contributed by atoms with E-state index in [-0.39, 0.29) is 0 Å². The fourth-order valence-corrected chi connectivity index (χ4v) is 10.6. The lowest BCUT2D eigenvalue weighted by Gasteiger charge is -2.28. The molecule has 0 fully saturated rings. The predicted octanol–water partition coefficient (Wildman–Crippen LogP) is 18.2. The van der Waals surface area contributed by atoms with Crippen molar-refractivity contribution in [2.45, 2.75) is 0 Å². The summed E-state index contributed by atoms with van der Waals surface area (Å²) >= 11 is 1.86. The zero-order chi connectivity index (χ0) is 42.4. The highest BCUT2D eigenvalue weighted by Gasteiger charge is 2.19. The van der Waals surface area contributed by atoms with E-state index in [1.807, 2.05) is 11.3 Å². The van der Waals surface area contributed by atoms with Gasteiger partial charge in [0.25, 0.3) is 0 Å². The largest absolute Gasteiger partial charge is 0.310 e. The van der Waals surface area contributed by atoms with Gasteiger partial charge >= 0.3 is 0 Å². The Morgan fingerprint density at radius 2 is 0.688 bits per heavy atom. The summed E-state index contributed by atoms with van der Waals surface area (Å²) in [5.74, 6) is 0. The van der Waals surface area contributed by atoms with E-state index in [1.54, 1.807) is 0 Å². The van der Waals surface area contributed by atoms with Crippen molar-refractivity contribution in [3.63, 3.8) is 0 Å². The zero-order valence-corrected chi connectivity index (χ0v) is 35.8. The molecule has 0 spiro atoms. The average molecular weight is 832 g/mol. The second-order valence-corrected chi connectivity index (χ2v) is 17.6. The van der Waals surface area contributed by atoms with Crippen molar-refractivity contribution in [3.05, 3.63) is 249 Å². The summed E-state index contributed by atoms with van der Waals surface area (Å²) in [6, 6.07) is 90.9. The average Bonchev–Trinajstić information content (AvgIpc) is 3.75. The molecule has 0 saturated heterocycles. The van der Waals surface area contributed by atoms with Crippen LogP contribution in [0.1, 0.15) is 0 Å². The van der Waals surface area contributed by atoms with Crippen molar-refractivity contribution in [3.8, 4) is 55.6 Å². The molecule has 0 saturated carbocycles. The molecule has 0 aliphatic rings. The van der Waals surface area contributed by atoms with Crippen LogP contribution in [-0.2, 0) is 0 Å². The molecule has 1 heterocycles. The highest BCUT2D eigenvalue weighted by Crippen LogP contribution is 2.44. The van der Waals surface area contributed by atoms with Crippen LogP contribution in [0.25, 0.3) is 97.4 Å². The lowest BCUT2D eigenvalue weighted by molar-refractivity contribution is 1.28. The normalized spacial score (nSPS) is 11.4. The first-order valence-electron chi connectivity index (χ1n) is 21.9. The molecule has 11 aromatic carbocycles. The van der Waals surface area contributed by atoms with E-state index in [0.717, 1.165) is 17.1 Å². The number of fused-ring (bicyclic) bond motifs is 5. The van der Waals surface area contributed by atoms with E-state index in [0.29, 0.717) is 0 Å². The van der Waals surface area contributed by atoms with Gasteiger partial charge in [0.2, 0.25) is 0 Å². The van der Waals surface area contributed by atoms with E-state index in [1.165, 1.54) is 97.4 Å². The van der Waals surface area contributed by atoms with Crippen LogP contribution in [0.4, 0.5) is 17.1 Å². The molecule has 300 valence electrons. The highest BCUT2D eigenvalue weighted by atomic mass is 32.1. The molecule has 1 aromatic heterocycles. The van der Waals surface area contributed by atoms with Crippen LogP contribution in [0.3, 0.4) is 0 Å². The Bertz CT molecular complexity index is 3640. The van der Waals surface area contributed by atoms with Gasteiger partial charge < -0.3 is 4.90 Å². The van der Waals surface area contributed by atoms with Crippen LogP contribution in [0.2, 0.25) is 0 Å². The van der Waals surface area contributed by atoms with E-state index in [4.69, 9.17) is 0 Å². The second-order valence-electron chi connectivity index (χ2n) is 16.5. The Morgan fingerprint density at radius 1 is 0.250 bits per heavy atom. The molecule has 2 heteroatoms. The van der Waals surface area contributed by atoms with Gasteiger partial charge in [0.05, 0.1) is 5.69 Å². The van der Waals surface area contributed by atoms with Crippen molar-refractivity contribution >= 4 is 70.1 Å². The smallest absolute Gasteiger partial charge is 0.0540 e. The fourth-order valence-electron chi connectivity index (χ4n) is 9.50. The molecule has 0 N–H and O–H groups in total. The third kappa shape index (κ3) is 6.82. The van der Waals surface area contributed by atoms with Gasteiger partial charge in [-0.05, 0) is 120 Å². The van der Waals surface area contributed by atoms with Crippen LogP contribution >= 0.6 is 11.3 Å². The first-order valence-corrected chi connectivity index (χ1v) is 22.7. The molecule has 0 radical (unpaired) electrons. The molecular weight excluding hydrogens is 791 g/mol. The minimum absolute atomic E-state index is 1.09. The van der Waals surface area contributed by atoms with Crippen LogP contribution < -0.4 is 4.90 Å². The number of rotatable bonds is 8. The molecule has 0 aliphatic carbocycles. The topological polar surface area (TPSA) is 3.24 Å². The number of anilines is 3. The van der Waals surface area contributed by atoms with Gasteiger partial charge in [-0.15, -0.1) is 11.3 Å². The van der Waals surface area contributed by atoms with E-state index in [2.05, 4.69) is 254 Å². The van der Waals surface area contributed by atoms with Crippen molar-refractivity contribution < 1.29 is 0 Å². The summed E-state index contributed by atoms with van der Waals surface area (Å²) in [5.41, 5.74) is 15.4. The maximum Gasteiger partial charge on any atom is 0.0540 e. The standard InChI is InChI=1S/C62H41NS/c1-3-18-53-45(12-1)14-10-22-55(53)47-28-26-42(27-29-47)43-30-35-51(36-31-43)63(60-24-7-5-20-57(60)50-34-39-59-58-21-6-8-25-61(58)64-62(59)41-50)52-37-32-44(33-38-52)48-16-9-17-49(40-48)56-23-11-15-46-13-2-4-19-54(46)56/h1-41H. The Labute approximate surface area is 377 Å². The van der Waals surface area contributed by atoms with Crippen LogP contribution in [0.15, 0.2) is 249 Å². The van der Waals surface area contributed by atoms with Gasteiger partial charge in [0, 0.05) is 37.1 Å². The van der Waals surface area contributed by atoms with Gasteiger partial charge in [-0.2, -0.15) is 0 Å². The summed E-state index contributed by atoms with van der Waals surface area (Å²) in [7, 11) is 0. The molecule has 64 heavy (non-hydrogen) atoms. The molecule has 1 nitrogen and oxygen atoms in total. The first kappa shape index (κ1) is 37.7. The maximum absolute atomic E-state index is 2.41. The fraction of sp³-hybridized carbons (Fsp3) is 0. The zero-order valence-electron chi connectivity index (χ0n) is 35.0. The van der Waals surface area contributed by atoms with Crippen LogP contribution in [0, 0.1) is 0 Å². The molecule has 12 aromatic rings. The quantitative estimate of drug-likeness (QED) is 0.147. The Hall–Kier alpha value is -8.04. The van der Waals surface area contributed by atoms with Gasteiger partial charge in [-0.3, -0.25) is 0 Å². The van der Waals surface area contributed by atoms with E-state index < -0.39 is 0 Å². The van der Waals surface area contributed by atoms with Crippen LogP contribution in [-0.4, -0.2) is 0 Å². The summed E-state index contributed by atoms with van der Waals surface area (Å²) in [6.07, 6.45) is 0. The van der Waals surface area contributed by atoms with Gasteiger partial charge in [0.1, 0.15) is 0 Å². The number of benzene rings is 11. The van der Waals surface area contributed by atoms with Crippen molar-refractivity contribution in [2.75, 3.05) is 4.90 Å². The number of hydrogen-bond acceptors (Lipinski definition) is 2. The SMILES string of the molecule is c1cc(-c2ccc(N(c3ccc(-c4ccc(-c5cccc6ccccc56)cc4)cc3)c3ccccc3-c3ccc4c(c3)sc3ccccc34)cc2)cc(-c2cccc3ccccc23)c1. The van der Waals surface area contributed by atoms with Crippen LogP contribution in [0.5, 0.6) is 0 Å². The molecule has 0 amide bonds. The molecule has 0 unspecified atom stereocenters. The number of para-hydroxylation sites is 1. The summed E-state index contributed by atoms with van der Waals surface area (Å²) in [4.78, 5) is 2.41. The molecular formula is C62H41NS. The minimum Gasteiger partial charge on any atom is -0.310 e. The van der Waals surface area contributed by atoms with Gasteiger partial charge in [-0.1, -0.05) is 200 Å². The lowest BCUT2D eigenvalue weighted by Crippen LogP contribution is -2.11. The molecule has 0 atom stereocenters. The molecule has 0 aliphatic heterocycles. The Kier molecular flexibility index (Phi) is 9.43. The summed E-state index contributed by atoms with van der Waals surface area (Å²) in [5, 5.41) is 7.67. The summed E-state index contributed by atoms with van der Waals surface area (Å²) < 4.78 is 2.61. The summed E-state index contributed by atoms with van der Waals surface area (Å²) in [6.45, 7) is 0. The van der Waals surface area contributed by atoms with Crippen molar-refractivity contribution in [1.82, 2.24) is 0 Å². The van der Waals surface area contributed by atoms with Crippen molar-refractivity contribution in [1.29, 1.82) is 0 Å². The lowest BCUT2D eigenvalue weighted by atomic mass is 9.95. The predicted molar refractivity (Wildman–Crippen MR) is 276 cm³/mol.